The average molecular weight is 337 g/mol. The predicted octanol–water partition coefficient (Wildman–Crippen LogP) is 5.78. The predicted molar refractivity (Wildman–Crippen MR) is 104 cm³/mol. The fraction of sp³-hybridized carbons (Fsp3) is 0.650. The second-order valence-electron chi connectivity index (χ2n) is 6.47. The molecule has 0 aliphatic heterocycles. The van der Waals surface area contributed by atoms with Gasteiger partial charge in [-0.25, -0.2) is 0 Å². The number of nitrogens with one attached hydrogen (secondary N) is 1. The maximum absolute atomic E-state index is 11.9. The van der Waals surface area contributed by atoms with Crippen LogP contribution in [-0.4, -0.2) is 18.4 Å². The van der Waals surface area contributed by atoms with E-state index < -0.39 is 0 Å². The molecule has 3 heteroatoms. The summed E-state index contributed by atoms with van der Waals surface area (Å²) in [6.45, 7) is 2.25. The highest BCUT2D eigenvalue weighted by Gasteiger charge is 2.08. The third kappa shape index (κ3) is 9.70. The lowest BCUT2D eigenvalue weighted by Gasteiger charge is -2.06. The summed E-state index contributed by atoms with van der Waals surface area (Å²) < 4.78 is 0. The zero-order valence-electron chi connectivity index (χ0n) is 15.2. The Hall–Kier alpha value is -0.960. The third-order valence-corrected chi connectivity index (χ3v) is 5.33. The SMILES string of the molecule is CCCCCCCCCCCC(=O)Nc1ccc([S+](C)C)cc1. The van der Waals surface area contributed by atoms with Gasteiger partial charge in [0.25, 0.3) is 0 Å². The van der Waals surface area contributed by atoms with E-state index >= 15 is 0 Å². The van der Waals surface area contributed by atoms with Gasteiger partial charge in [-0.2, -0.15) is 0 Å². The highest BCUT2D eigenvalue weighted by molar-refractivity contribution is 7.95. The van der Waals surface area contributed by atoms with Crippen molar-refractivity contribution in [3.05, 3.63) is 24.3 Å². The molecule has 1 aromatic carbocycles. The molecule has 0 unspecified atom stereocenters. The monoisotopic (exact) mass is 336 g/mol. The van der Waals surface area contributed by atoms with Crippen molar-refractivity contribution in [2.24, 2.45) is 0 Å². The Bertz CT molecular complexity index is 428. The van der Waals surface area contributed by atoms with Gasteiger partial charge in [-0.15, -0.1) is 0 Å². The van der Waals surface area contributed by atoms with E-state index in [1.165, 1.54) is 56.3 Å². The minimum Gasteiger partial charge on any atom is -0.326 e. The fourth-order valence-electron chi connectivity index (χ4n) is 2.63. The van der Waals surface area contributed by atoms with E-state index in [0.717, 1.165) is 12.1 Å². The largest absolute Gasteiger partial charge is 0.326 e. The molecule has 1 rings (SSSR count). The molecule has 0 spiro atoms. The van der Waals surface area contributed by atoms with Crippen molar-refractivity contribution in [1.29, 1.82) is 0 Å². The normalized spacial score (nSPS) is 11.0. The number of anilines is 1. The van der Waals surface area contributed by atoms with Gasteiger partial charge in [-0.05, 0) is 30.7 Å². The van der Waals surface area contributed by atoms with Crippen LogP contribution in [0.4, 0.5) is 5.69 Å². The van der Waals surface area contributed by atoms with Gasteiger partial charge in [0, 0.05) is 23.0 Å². The van der Waals surface area contributed by atoms with Gasteiger partial charge >= 0.3 is 0 Å². The lowest BCUT2D eigenvalue weighted by molar-refractivity contribution is -0.116. The van der Waals surface area contributed by atoms with Crippen molar-refractivity contribution < 1.29 is 4.79 Å². The van der Waals surface area contributed by atoms with E-state index in [4.69, 9.17) is 0 Å². The molecule has 0 aliphatic rings. The van der Waals surface area contributed by atoms with Crippen molar-refractivity contribution >= 4 is 22.5 Å². The van der Waals surface area contributed by atoms with Crippen LogP contribution >= 0.6 is 0 Å². The molecule has 0 aromatic heterocycles. The van der Waals surface area contributed by atoms with Crippen LogP contribution in [0, 0.1) is 0 Å². The number of hydrogen-bond donors (Lipinski definition) is 1. The molecule has 0 fully saturated rings. The maximum Gasteiger partial charge on any atom is 0.224 e. The van der Waals surface area contributed by atoms with Crippen LogP contribution < -0.4 is 5.32 Å². The lowest BCUT2D eigenvalue weighted by atomic mass is 10.1. The molecule has 0 bridgehead atoms. The molecule has 0 radical (unpaired) electrons. The van der Waals surface area contributed by atoms with Gasteiger partial charge in [0.1, 0.15) is 12.5 Å². The number of amides is 1. The molecule has 0 heterocycles. The molecule has 0 saturated heterocycles. The smallest absolute Gasteiger partial charge is 0.224 e. The van der Waals surface area contributed by atoms with Gasteiger partial charge < -0.3 is 5.32 Å². The van der Waals surface area contributed by atoms with Crippen LogP contribution in [0.25, 0.3) is 0 Å². The molecule has 1 amide bonds. The van der Waals surface area contributed by atoms with Gasteiger partial charge in [0.2, 0.25) is 5.91 Å². The molecule has 0 atom stereocenters. The Balaban J connectivity index is 2.06. The average Bonchev–Trinajstić information content (AvgIpc) is 2.54. The first kappa shape index (κ1) is 20.1. The zero-order valence-corrected chi connectivity index (χ0v) is 16.0. The van der Waals surface area contributed by atoms with Crippen LogP contribution in [0.1, 0.15) is 71.1 Å². The summed E-state index contributed by atoms with van der Waals surface area (Å²) in [6.07, 6.45) is 16.6. The van der Waals surface area contributed by atoms with Crippen molar-refractivity contribution in [3.8, 4) is 0 Å². The molecular weight excluding hydrogens is 302 g/mol. The highest BCUT2D eigenvalue weighted by atomic mass is 32.2. The Labute approximate surface area is 145 Å². The topological polar surface area (TPSA) is 29.1 Å². The molecule has 1 aromatic rings. The summed E-state index contributed by atoms with van der Waals surface area (Å²) in [5.41, 5.74) is 0.917. The Morgan fingerprint density at radius 2 is 1.39 bits per heavy atom. The van der Waals surface area contributed by atoms with Crippen LogP contribution in [0.2, 0.25) is 0 Å². The standard InChI is InChI=1S/C20H33NOS/c1-4-5-6-7-8-9-10-11-12-13-20(22)21-18-14-16-19(17-15-18)23(2)3/h14-17H,4-13H2,1-3H3/p+1. The van der Waals surface area contributed by atoms with Crippen LogP contribution in [0.15, 0.2) is 29.2 Å². The van der Waals surface area contributed by atoms with E-state index in [1.54, 1.807) is 0 Å². The van der Waals surface area contributed by atoms with Crippen LogP contribution in [0.3, 0.4) is 0 Å². The first-order chi connectivity index (χ1) is 11.1. The second kappa shape index (κ2) is 12.5. The summed E-state index contributed by atoms with van der Waals surface area (Å²) >= 11 is 0. The van der Waals surface area contributed by atoms with Crippen molar-refractivity contribution in [1.82, 2.24) is 0 Å². The quantitative estimate of drug-likeness (QED) is 0.380. The first-order valence-corrected chi connectivity index (χ1v) is 11.1. The maximum atomic E-state index is 11.9. The second-order valence-corrected chi connectivity index (χ2v) is 8.57. The highest BCUT2D eigenvalue weighted by Crippen LogP contribution is 2.15. The van der Waals surface area contributed by atoms with Gasteiger partial charge in [0.15, 0.2) is 4.90 Å². The molecule has 23 heavy (non-hydrogen) atoms. The molecule has 1 N–H and O–H groups in total. The Morgan fingerprint density at radius 3 is 1.91 bits per heavy atom. The van der Waals surface area contributed by atoms with E-state index in [0.29, 0.717) is 6.42 Å². The van der Waals surface area contributed by atoms with Crippen LogP contribution in [0.5, 0.6) is 0 Å². The van der Waals surface area contributed by atoms with Crippen molar-refractivity contribution in [2.75, 3.05) is 17.8 Å². The molecule has 130 valence electrons. The van der Waals surface area contributed by atoms with E-state index in [1.807, 2.05) is 12.1 Å². The van der Waals surface area contributed by atoms with Gasteiger partial charge in [0.05, 0.1) is 0 Å². The van der Waals surface area contributed by atoms with E-state index in [9.17, 15) is 4.79 Å². The Kier molecular flexibility index (Phi) is 10.9. The fourth-order valence-corrected chi connectivity index (χ4v) is 3.31. The van der Waals surface area contributed by atoms with Crippen LogP contribution in [-0.2, 0) is 15.7 Å². The first-order valence-electron chi connectivity index (χ1n) is 9.11. The van der Waals surface area contributed by atoms with E-state index in [-0.39, 0.29) is 16.8 Å². The zero-order chi connectivity index (χ0) is 16.9. The number of unbranched alkanes of at least 4 members (excludes halogenated alkanes) is 8. The summed E-state index contributed by atoms with van der Waals surface area (Å²) in [5.74, 6) is 0.146. The minimum absolute atomic E-state index is 0.146. The minimum atomic E-state index is 0.146. The van der Waals surface area contributed by atoms with Crippen molar-refractivity contribution in [3.63, 3.8) is 0 Å². The van der Waals surface area contributed by atoms with Gasteiger partial charge in [-0.3, -0.25) is 4.79 Å². The number of carbonyl (C=O) groups excluding carboxylic acids is 1. The lowest BCUT2D eigenvalue weighted by Crippen LogP contribution is -2.11. The number of rotatable bonds is 12. The Morgan fingerprint density at radius 1 is 0.870 bits per heavy atom. The van der Waals surface area contributed by atoms with E-state index in [2.05, 4.69) is 36.9 Å². The number of hydrogen-bond acceptors (Lipinski definition) is 1. The third-order valence-electron chi connectivity index (χ3n) is 4.12. The summed E-state index contributed by atoms with van der Waals surface area (Å²) in [4.78, 5) is 13.3. The molecule has 0 aliphatic carbocycles. The van der Waals surface area contributed by atoms with Crippen molar-refractivity contribution in [2.45, 2.75) is 76.0 Å². The summed E-state index contributed by atoms with van der Waals surface area (Å²) in [7, 11) is 0.276. The molecule has 2 nitrogen and oxygen atoms in total. The van der Waals surface area contributed by atoms with Gasteiger partial charge in [-0.1, -0.05) is 58.3 Å². The molecule has 0 saturated carbocycles. The summed E-state index contributed by atoms with van der Waals surface area (Å²) in [5, 5.41) is 3.00. The summed E-state index contributed by atoms with van der Waals surface area (Å²) in [6, 6.07) is 8.24. The number of benzene rings is 1. The molecular formula is C20H34NOS+. The number of carbonyl (C=O) groups is 1.